The molecule has 0 radical (unpaired) electrons. The van der Waals surface area contributed by atoms with E-state index in [9.17, 15) is 14.4 Å². The molecule has 5 rings (SSSR count). The fourth-order valence-electron chi connectivity index (χ4n) is 4.16. The first-order valence-electron chi connectivity index (χ1n) is 12.3. The van der Waals surface area contributed by atoms with Crippen molar-refractivity contribution in [2.24, 2.45) is 5.10 Å². The van der Waals surface area contributed by atoms with E-state index in [0.717, 1.165) is 15.7 Å². The van der Waals surface area contributed by atoms with Crippen molar-refractivity contribution in [3.05, 3.63) is 103 Å². The smallest absolute Gasteiger partial charge is 0.255 e. The molecule has 0 fully saturated rings. The third-order valence-corrected chi connectivity index (χ3v) is 7.45. The molecule has 8 heteroatoms. The molecule has 0 bridgehead atoms. The van der Waals surface area contributed by atoms with Crippen molar-refractivity contribution in [3.8, 4) is 0 Å². The summed E-state index contributed by atoms with van der Waals surface area (Å²) in [6.45, 7) is 1.93. The first-order valence-corrected chi connectivity index (χ1v) is 13.2. The van der Waals surface area contributed by atoms with Crippen molar-refractivity contribution in [2.45, 2.75) is 29.9 Å². The summed E-state index contributed by atoms with van der Waals surface area (Å²) in [7, 11) is 0. The largest absolute Gasteiger partial charge is 0.322 e. The monoisotopic (exact) mass is 522 g/mol. The minimum absolute atomic E-state index is 0.0397. The molecule has 1 heterocycles. The lowest BCUT2D eigenvalue weighted by Gasteiger charge is -2.15. The van der Waals surface area contributed by atoms with Crippen molar-refractivity contribution >= 4 is 57.5 Å². The average Bonchev–Trinajstić information content (AvgIpc) is 3.31. The van der Waals surface area contributed by atoms with Gasteiger partial charge in [0, 0.05) is 16.1 Å². The summed E-state index contributed by atoms with van der Waals surface area (Å²) in [6, 6.07) is 30.1. The number of hydrogen-bond donors (Lipinski definition) is 2. The van der Waals surface area contributed by atoms with Crippen LogP contribution in [0.1, 0.15) is 30.1 Å². The van der Waals surface area contributed by atoms with Gasteiger partial charge in [0.15, 0.2) is 0 Å². The Balaban J connectivity index is 1.23. The number of nitrogens with zero attached hydrogens (tertiary/aromatic N) is 2. The summed E-state index contributed by atoms with van der Waals surface area (Å²) in [4.78, 5) is 39.2. The zero-order valence-electron chi connectivity index (χ0n) is 20.8. The lowest BCUT2D eigenvalue weighted by Crippen LogP contribution is -2.36. The summed E-state index contributed by atoms with van der Waals surface area (Å²) in [5.74, 6) is -0.277. The van der Waals surface area contributed by atoms with Crippen molar-refractivity contribution < 1.29 is 14.4 Å². The van der Waals surface area contributed by atoms with Crippen molar-refractivity contribution in [3.63, 3.8) is 0 Å². The van der Waals surface area contributed by atoms with Gasteiger partial charge in [-0.25, -0.2) is 0 Å². The number of anilines is 2. The van der Waals surface area contributed by atoms with Gasteiger partial charge in [0.05, 0.1) is 17.4 Å². The van der Waals surface area contributed by atoms with E-state index < -0.39 is 5.25 Å². The Morgan fingerprint density at radius 1 is 0.895 bits per heavy atom. The van der Waals surface area contributed by atoms with Crippen LogP contribution in [0.3, 0.4) is 0 Å². The highest BCUT2D eigenvalue weighted by Crippen LogP contribution is 2.28. The molecule has 1 unspecified atom stereocenters. The second kappa shape index (κ2) is 11.3. The van der Waals surface area contributed by atoms with Crippen LogP contribution in [0.2, 0.25) is 0 Å². The zero-order valence-corrected chi connectivity index (χ0v) is 21.6. The molecule has 38 heavy (non-hydrogen) atoms. The van der Waals surface area contributed by atoms with Crippen molar-refractivity contribution in [1.29, 1.82) is 0 Å². The number of fused-ring (bicyclic) bond motifs is 1. The molecule has 4 aromatic rings. The number of para-hydroxylation sites is 1. The summed E-state index contributed by atoms with van der Waals surface area (Å²) in [5.41, 5.74) is 1.88. The van der Waals surface area contributed by atoms with Crippen LogP contribution in [0.25, 0.3) is 10.8 Å². The van der Waals surface area contributed by atoms with Gasteiger partial charge in [0.1, 0.15) is 5.84 Å². The van der Waals surface area contributed by atoms with E-state index in [1.807, 2.05) is 91.9 Å². The molecule has 0 aromatic heterocycles. The maximum atomic E-state index is 13.0. The highest BCUT2D eigenvalue weighted by molar-refractivity contribution is 8.00. The number of amides is 3. The van der Waals surface area contributed by atoms with Gasteiger partial charge in [-0.3, -0.25) is 14.4 Å². The molecule has 0 spiro atoms. The molecule has 0 aliphatic carbocycles. The fraction of sp³-hybridized carbons (Fsp3) is 0.133. The maximum absolute atomic E-state index is 13.0. The van der Waals surface area contributed by atoms with Gasteiger partial charge in [0.2, 0.25) is 5.91 Å². The van der Waals surface area contributed by atoms with E-state index >= 15 is 0 Å². The van der Waals surface area contributed by atoms with Gasteiger partial charge >= 0.3 is 0 Å². The van der Waals surface area contributed by atoms with E-state index in [2.05, 4.69) is 15.7 Å². The number of thioether (sulfide) groups is 1. The molecule has 3 amide bonds. The summed E-state index contributed by atoms with van der Waals surface area (Å²) in [6.07, 6.45) is 0.617. The Kier molecular flexibility index (Phi) is 7.51. The van der Waals surface area contributed by atoms with Crippen molar-refractivity contribution in [2.75, 3.05) is 10.3 Å². The topological polar surface area (TPSA) is 90.9 Å². The van der Waals surface area contributed by atoms with E-state index in [1.165, 1.54) is 16.8 Å². The van der Waals surface area contributed by atoms with Crippen LogP contribution >= 0.6 is 11.8 Å². The lowest BCUT2D eigenvalue weighted by molar-refractivity contribution is -0.119. The standard InChI is InChI=1S/C30H26N4O3S/c1-2-26(30(37)32-27-19-28(35)34(33-27)24-12-4-3-5-13-24)38-25-14-8-11-23(18-25)31-29(36)22-16-15-20-9-6-7-10-21(20)17-22/h3-18,26H,2,19H2,1H3,(H,31,36)(H,32,33,37). The minimum atomic E-state index is -0.398. The van der Waals surface area contributed by atoms with Gasteiger partial charge in [-0.05, 0) is 59.7 Å². The van der Waals surface area contributed by atoms with E-state index in [1.54, 1.807) is 12.1 Å². The van der Waals surface area contributed by atoms with Gasteiger partial charge in [-0.1, -0.05) is 61.5 Å². The first-order chi connectivity index (χ1) is 18.5. The third-order valence-electron chi connectivity index (χ3n) is 6.09. The highest BCUT2D eigenvalue weighted by Gasteiger charge is 2.28. The van der Waals surface area contributed by atoms with Crippen LogP contribution in [0.5, 0.6) is 0 Å². The van der Waals surface area contributed by atoms with Crippen molar-refractivity contribution in [1.82, 2.24) is 5.32 Å². The molecule has 0 saturated carbocycles. The zero-order chi connectivity index (χ0) is 26.5. The summed E-state index contributed by atoms with van der Waals surface area (Å²) >= 11 is 1.40. The van der Waals surface area contributed by atoms with Crippen LogP contribution in [0.15, 0.2) is 107 Å². The number of carbonyl (C=O) groups excluding carboxylic acids is 3. The second-order valence-corrected chi connectivity index (χ2v) is 10.1. The molecule has 0 saturated heterocycles. The predicted molar refractivity (Wildman–Crippen MR) is 152 cm³/mol. The summed E-state index contributed by atoms with van der Waals surface area (Å²) < 4.78 is 0. The number of benzene rings is 4. The van der Waals surface area contributed by atoms with E-state index in [-0.39, 0.29) is 24.1 Å². The number of hydrazone groups is 1. The number of hydrogen-bond acceptors (Lipinski definition) is 5. The van der Waals surface area contributed by atoms with Gasteiger partial charge in [0.25, 0.3) is 11.8 Å². The van der Waals surface area contributed by atoms with Gasteiger partial charge in [-0.2, -0.15) is 10.1 Å². The quantitative estimate of drug-likeness (QED) is 0.299. The van der Waals surface area contributed by atoms with Crippen LogP contribution in [-0.2, 0) is 9.59 Å². The third kappa shape index (κ3) is 5.76. The Labute approximate surface area is 224 Å². The maximum Gasteiger partial charge on any atom is 0.255 e. The van der Waals surface area contributed by atoms with Crippen LogP contribution < -0.4 is 15.6 Å². The normalized spacial score (nSPS) is 13.8. The molecule has 4 aromatic carbocycles. The molecule has 190 valence electrons. The first kappa shape index (κ1) is 25.2. The molecule has 7 nitrogen and oxygen atoms in total. The molecule has 2 N–H and O–H groups in total. The van der Waals surface area contributed by atoms with Crippen LogP contribution in [0, 0.1) is 0 Å². The molecule has 1 atom stereocenters. The Morgan fingerprint density at radius 2 is 1.66 bits per heavy atom. The molecular weight excluding hydrogens is 496 g/mol. The Bertz CT molecular complexity index is 1540. The molecular formula is C30H26N4O3S. The van der Waals surface area contributed by atoms with E-state index in [4.69, 9.17) is 0 Å². The van der Waals surface area contributed by atoms with Crippen LogP contribution in [0.4, 0.5) is 11.4 Å². The molecule has 1 aliphatic heterocycles. The number of rotatable bonds is 7. The van der Waals surface area contributed by atoms with Gasteiger partial charge in [-0.15, -0.1) is 11.8 Å². The lowest BCUT2D eigenvalue weighted by atomic mass is 10.1. The van der Waals surface area contributed by atoms with Gasteiger partial charge < -0.3 is 10.6 Å². The second-order valence-electron chi connectivity index (χ2n) is 8.81. The summed E-state index contributed by atoms with van der Waals surface area (Å²) in [5, 5.41) is 13.1. The SMILES string of the molecule is CCC(Sc1cccc(NC(=O)c2ccc3ccccc3c2)c1)C(=O)NC1=NN(c2ccccc2)C(=O)C1. The Hall–Kier alpha value is -4.43. The number of amidine groups is 1. The average molecular weight is 523 g/mol. The van der Waals surface area contributed by atoms with Crippen LogP contribution in [-0.4, -0.2) is 28.8 Å². The molecule has 1 aliphatic rings. The van der Waals surface area contributed by atoms with E-state index in [0.29, 0.717) is 29.2 Å². The Morgan fingerprint density at radius 3 is 2.45 bits per heavy atom. The predicted octanol–water partition coefficient (Wildman–Crippen LogP) is 5.83. The highest BCUT2D eigenvalue weighted by atomic mass is 32.2. The fourth-order valence-corrected chi connectivity index (χ4v) is 5.17. The number of carbonyl (C=O) groups is 3. The number of nitrogens with one attached hydrogen (secondary N) is 2. The minimum Gasteiger partial charge on any atom is -0.322 e.